The summed E-state index contributed by atoms with van der Waals surface area (Å²) < 4.78 is 16.7. The third kappa shape index (κ3) is 4.21. The third-order valence-corrected chi connectivity index (χ3v) is 3.17. The molecule has 6 heteroatoms. The molecule has 0 unspecified atom stereocenters. The number of aldehydes is 1. The highest BCUT2D eigenvalue weighted by molar-refractivity contribution is 9.10. The summed E-state index contributed by atoms with van der Waals surface area (Å²) in [6, 6.07) is 8.29. The second-order valence-corrected chi connectivity index (χ2v) is 5.72. The van der Waals surface area contributed by atoms with Gasteiger partial charge in [0.1, 0.15) is 18.1 Å². The summed E-state index contributed by atoms with van der Waals surface area (Å²) in [5.41, 5.74) is 0.431. The fourth-order valence-electron chi connectivity index (χ4n) is 1.73. The van der Waals surface area contributed by atoms with E-state index in [0.717, 1.165) is 4.47 Å². The predicted octanol–water partition coefficient (Wildman–Crippen LogP) is 4.00. The number of hydrogen-bond acceptors (Lipinski definition) is 5. The molecule has 22 heavy (non-hydrogen) atoms. The smallest absolute Gasteiger partial charge is 0.374 e. The second-order valence-electron chi connectivity index (χ2n) is 4.81. The molecule has 5 nitrogen and oxygen atoms in total. The van der Waals surface area contributed by atoms with E-state index in [9.17, 15) is 9.59 Å². The summed E-state index contributed by atoms with van der Waals surface area (Å²) in [6.45, 7) is 3.64. The van der Waals surface area contributed by atoms with Crippen LogP contribution in [0.4, 0.5) is 0 Å². The van der Waals surface area contributed by atoms with Crippen LogP contribution in [0.3, 0.4) is 0 Å². The molecule has 0 aliphatic heterocycles. The van der Waals surface area contributed by atoms with Crippen LogP contribution in [0.25, 0.3) is 0 Å². The van der Waals surface area contributed by atoms with Gasteiger partial charge < -0.3 is 13.9 Å². The maximum absolute atomic E-state index is 11.7. The number of ether oxygens (including phenoxy) is 2. The first kappa shape index (κ1) is 16.3. The van der Waals surface area contributed by atoms with Crippen molar-refractivity contribution in [2.75, 3.05) is 0 Å². The van der Waals surface area contributed by atoms with Crippen LogP contribution in [-0.4, -0.2) is 18.4 Å². The highest BCUT2D eigenvalue weighted by atomic mass is 79.9. The average Bonchev–Trinajstić information content (AvgIpc) is 2.94. The molecular weight excluding hydrogens is 352 g/mol. The minimum atomic E-state index is -0.515. The fourth-order valence-corrected chi connectivity index (χ4v) is 2.11. The van der Waals surface area contributed by atoms with Gasteiger partial charge in [0.2, 0.25) is 5.76 Å². The van der Waals surface area contributed by atoms with Gasteiger partial charge in [-0.05, 0) is 44.2 Å². The van der Waals surface area contributed by atoms with E-state index < -0.39 is 5.97 Å². The first-order chi connectivity index (χ1) is 10.5. The normalized spacial score (nSPS) is 10.5. The van der Waals surface area contributed by atoms with E-state index in [1.54, 1.807) is 38.1 Å². The molecule has 2 aromatic rings. The molecule has 0 bridgehead atoms. The zero-order valence-electron chi connectivity index (χ0n) is 12.2. The fraction of sp³-hybridized carbons (Fsp3) is 0.250. The molecule has 0 aliphatic rings. The van der Waals surface area contributed by atoms with Gasteiger partial charge in [-0.2, -0.15) is 0 Å². The molecule has 0 spiro atoms. The molecule has 1 aromatic heterocycles. The number of halogens is 1. The third-order valence-electron chi connectivity index (χ3n) is 2.67. The summed E-state index contributed by atoms with van der Waals surface area (Å²) in [7, 11) is 0. The number of furan rings is 1. The molecular formula is C16H15BrO5. The van der Waals surface area contributed by atoms with Gasteiger partial charge in [-0.25, -0.2) is 4.79 Å². The zero-order chi connectivity index (χ0) is 16.1. The molecule has 0 radical (unpaired) electrons. The first-order valence-corrected chi connectivity index (χ1v) is 7.46. The van der Waals surface area contributed by atoms with Crippen LogP contribution in [0.15, 0.2) is 39.2 Å². The van der Waals surface area contributed by atoms with E-state index in [1.165, 1.54) is 6.07 Å². The molecule has 116 valence electrons. The standard InChI is InChI=1S/C16H15BrO5/c1-10(2)21-16(19)15-6-4-13(22-15)9-20-14-5-3-12(17)7-11(14)8-18/h3-8,10H,9H2,1-2H3. The SMILES string of the molecule is CC(C)OC(=O)c1ccc(COc2ccc(Br)cc2C=O)o1. The van der Waals surface area contributed by atoms with E-state index in [2.05, 4.69) is 15.9 Å². The summed E-state index contributed by atoms with van der Waals surface area (Å²) >= 11 is 3.29. The Labute approximate surface area is 136 Å². The zero-order valence-corrected chi connectivity index (χ0v) is 13.8. The van der Waals surface area contributed by atoms with Gasteiger partial charge in [0.25, 0.3) is 0 Å². The molecule has 0 saturated heterocycles. The Kier molecular flexibility index (Phi) is 5.38. The van der Waals surface area contributed by atoms with Gasteiger partial charge in [0.15, 0.2) is 6.29 Å². The van der Waals surface area contributed by atoms with Crippen LogP contribution in [0.1, 0.15) is 40.5 Å². The Morgan fingerprint density at radius 3 is 2.77 bits per heavy atom. The number of hydrogen-bond donors (Lipinski definition) is 0. The van der Waals surface area contributed by atoms with Gasteiger partial charge in [0.05, 0.1) is 11.7 Å². The largest absolute Gasteiger partial charge is 0.485 e. The molecule has 0 amide bonds. The molecule has 0 aliphatic carbocycles. The predicted molar refractivity (Wildman–Crippen MR) is 83.1 cm³/mol. The molecule has 0 saturated carbocycles. The van der Waals surface area contributed by atoms with Crippen molar-refractivity contribution in [3.8, 4) is 5.75 Å². The molecule has 2 rings (SSSR count). The van der Waals surface area contributed by atoms with Crippen LogP contribution in [-0.2, 0) is 11.3 Å². The van der Waals surface area contributed by atoms with Gasteiger partial charge in [0, 0.05) is 4.47 Å². The lowest BCUT2D eigenvalue weighted by molar-refractivity contribution is 0.0337. The number of esters is 1. The first-order valence-electron chi connectivity index (χ1n) is 6.67. The number of carbonyl (C=O) groups is 2. The number of benzene rings is 1. The lowest BCUT2D eigenvalue weighted by Gasteiger charge is -2.07. The van der Waals surface area contributed by atoms with Gasteiger partial charge in [-0.15, -0.1) is 0 Å². The van der Waals surface area contributed by atoms with Crippen molar-refractivity contribution < 1.29 is 23.5 Å². The summed E-state index contributed by atoms with van der Waals surface area (Å²) in [5, 5.41) is 0. The number of carbonyl (C=O) groups excluding carboxylic acids is 2. The van der Waals surface area contributed by atoms with Crippen molar-refractivity contribution in [3.05, 3.63) is 51.9 Å². The highest BCUT2D eigenvalue weighted by Crippen LogP contribution is 2.23. The van der Waals surface area contributed by atoms with Crippen molar-refractivity contribution in [2.24, 2.45) is 0 Å². The quantitative estimate of drug-likeness (QED) is 0.570. The van der Waals surface area contributed by atoms with E-state index in [1.807, 2.05) is 0 Å². The Morgan fingerprint density at radius 1 is 1.32 bits per heavy atom. The highest BCUT2D eigenvalue weighted by Gasteiger charge is 2.14. The molecule has 0 N–H and O–H groups in total. The van der Waals surface area contributed by atoms with Crippen LogP contribution >= 0.6 is 15.9 Å². The lowest BCUT2D eigenvalue weighted by atomic mass is 10.2. The Morgan fingerprint density at radius 2 is 2.09 bits per heavy atom. The van der Waals surface area contributed by atoms with E-state index in [0.29, 0.717) is 23.4 Å². The molecule has 0 fully saturated rings. The monoisotopic (exact) mass is 366 g/mol. The topological polar surface area (TPSA) is 65.7 Å². The van der Waals surface area contributed by atoms with Crippen molar-refractivity contribution in [2.45, 2.75) is 26.6 Å². The van der Waals surface area contributed by atoms with Crippen LogP contribution < -0.4 is 4.74 Å². The number of rotatable bonds is 6. The van der Waals surface area contributed by atoms with Gasteiger partial charge >= 0.3 is 5.97 Å². The van der Waals surface area contributed by atoms with Crippen molar-refractivity contribution in [1.82, 2.24) is 0 Å². The van der Waals surface area contributed by atoms with E-state index >= 15 is 0 Å². The summed E-state index contributed by atoms with van der Waals surface area (Å²) in [6.07, 6.45) is 0.503. The molecule has 1 aromatic carbocycles. The summed E-state index contributed by atoms with van der Waals surface area (Å²) in [4.78, 5) is 22.7. The van der Waals surface area contributed by atoms with Crippen LogP contribution in [0.5, 0.6) is 5.75 Å². The minimum Gasteiger partial charge on any atom is -0.485 e. The second kappa shape index (κ2) is 7.26. The maximum Gasteiger partial charge on any atom is 0.374 e. The Bertz CT molecular complexity index is 675. The van der Waals surface area contributed by atoms with Gasteiger partial charge in [-0.1, -0.05) is 15.9 Å². The van der Waals surface area contributed by atoms with Crippen molar-refractivity contribution >= 4 is 28.2 Å². The van der Waals surface area contributed by atoms with Crippen molar-refractivity contribution in [3.63, 3.8) is 0 Å². The van der Waals surface area contributed by atoms with Crippen LogP contribution in [0, 0.1) is 0 Å². The maximum atomic E-state index is 11.7. The Balaban J connectivity index is 2.02. The van der Waals surface area contributed by atoms with Crippen molar-refractivity contribution in [1.29, 1.82) is 0 Å². The summed E-state index contributed by atoms with van der Waals surface area (Å²) in [5.74, 6) is 0.522. The van der Waals surface area contributed by atoms with E-state index in [4.69, 9.17) is 13.9 Å². The molecule has 0 atom stereocenters. The van der Waals surface area contributed by atoms with Gasteiger partial charge in [-0.3, -0.25) is 4.79 Å². The molecule has 1 heterocycles. The average molecular weight is 367 g/mol. The Hall–Kier alpha value is -2.08. The van der Waals surface area contributed by atoms with Crippen LogP contribution in [0.2, 0.25) is 0 Å². The minimum absolute atomic E-state index is 0.109. The van der Waals surface area contributed by atoms with E-state index in [-0.39, 0.29) is 18.5 Å². The lowest BCUT2D eigenvalue weighted by Crippen LogP contribution is -2.10.